The highest BCUT2D eigenvalue weighted by Crippen LogP contribution is 2.21. The molecule has 1 aromatic heterocycles. The first-order chi connectivity index (χ1) is 9.16. The number of halogens is 1. The number of hydrogen-bond donors (Lipinski definition) is 1. The number of nitrogens with zero attached hydrogens (tertiary/aromatic N) is 1. The fraction of sp³-hybridized carbons (Fsp3) is 0. The number of fused-ring (bicyclic) bond motifs is 1. The number of carbonyl (C=O) groups excluding carboxylic acids is 1. The van der Waals surface area contributed by atoms with Crippen molar-refractivity contribution >= 4 is 16.8 Å². The molecule has 3 rings (SSSR count). The molecule has 0 saturated heterocycles. The first kappa shape index (κ1) is 11.5. The normalized spacial score (nSPS) is 10.8. The molecule has 0 spiro atoms. The van der Waals surface area contributed by atoms with Crippen LogP contribution in [0.4, 0.5) is 4.39 Å². The first-order valence-corrected chi connectivity index (χ1v) is 5.82. The average Bonchev–Trinajstić information content (AvgIpc) is 2.83. The van der Waals surface area contributed by atoms with E-state index in [9.17, 15) is 9.18 Å². The van der Waals surface area contributed by atoms with Gasteiger partial charge in [-0.05, 0) is 35.7 Å². The molecule has 1 heterocycles. The van der Waals surface area contributed by atoms with Crippen LogP contribution in [0.5, 0.6) is 0 Å². The summed E-state index contributed by atoms with van der Waals surface area (Å²) in [6.07, 6.45) is 1.88. The van der Waals surface area contributed by atoms with Crippen molar-refractivity contribution in [3.8, 4) is 5.69 Å². The Bertz CT molecular complexity index is 777. The molecule has 1 amide bonds. The van der Waals surface area contributed by atoms with Crippen LogP contribution >= 0.6 is 0 Å². The molecule has 0 aliphatic heterocycles. The van der Waals surface area contributed by atoms with Gasteiger partial charge in [0.1, 0.15) is 5.82 Å². The third-order valence-corrected chi connectivity index (χ3v) is 3.09. The largest absolute Gasteiger partial charge is 0.366 e. The second kappa shape index (κ2) is 4.24. The molecule has 19 heavy (non-hydrogen) atoms. The van der Waals surface area contributed by atoms with Crippen LogP contribution in [0.15, 0.2) is 54.7 Å². The van der Waals surface area contributed by atoms with Crippen molar-refractivity contribution in [3.63, 3.8) is 0 Å². The van der Waals surface area contributed by atoms with E-state index in [2.05, 4.69) is 0 Å². The van der Waals surface area contributed by atoms with E-state index in [4.69, 9.17) is 5.73 Å². The van der Waals surface area contributed by atoms with Crippen LogP contribution in [0.1, 0.15) is 10.4 Å². The van der Waals surface area contributed by atoms with Crippen molar-refractivity contribution in [2.24, 2.45) is 5.73 Å². The molecule has 4 heteroatoms. The summed E-state index contributed by atoms with van der Waals surface area (Å²) in [4.78, 5) is 11.2. The average molecular weight is 254 g/mol. The van der Waals surface area contributed by atoms with Gasteiger partial charge in [0, 0.05) is 11.9 Å². The first-order valence-electron chi connectivity index (χ1n) is 5.82. The van der Waals surface area contributed by atoms with E-state index in [0.29, 0.717) is 5.69 Å². The van der Waals surface area contributed by atoms with Crippen LogP contribution in [-0.2, 0) is 0 Å². The lowest BCUT2D eigenvalue weighted by molar-refractivity contribution is 0.0996. The lowest BCUT2D eigenvalue weighted by atomic mass is 10.1. The number of rotatable bonds is 2. The summed E-state index contributed by atoms with van der Waals surface area (Å²) >= 11 is 0. The van der Waals surface area contributed by atoms with Crippen LogP contribution in [0.2, 0.25) is 0 Å². The highest BCUT2D eigenvalue weighted by Gasteiger charge is 2.10. The van der Waals surface area contributed by atoms with Crippen molar-refractivity contribution in [1.82, 2.24) is 4.57 Å². The van der Waals surface area contributed by atoms with Crippen LogP contribution in [0.25, 0.3) is 16.6 Å². The van der Waals surface area contributed by atoms with Gasteiger partial charge in [-0.3, -0.25) is 4.79 Å². The molecule has 2 aromatic carbocycles. The fourth-order valence-electron chi connectivity index (χ4n) is 2.16. The van der Waals surface area contributed by atoms with E-state index >= 15 is 0 Å². The molecule has 0 bridgehead atoms. The van der Waals surface area contributed by atoms with Gasteiger partial charge in [0.05, 0.1) is 11.1 Å². The summed E-state index contributed by atoms with van der Waals surface area (Å²) in [7, 11) is 0. The van der Waals surface area contributed by atoms with Gasteiger partial charge in [-0.2, -0.15) is 0 Å². The Labute approximate surface area is 109 Å². The van der Waals surface area contributed by atoms with Crippen LogP contribution in [0, 0.1) is 5.82 Å². The number of benzene rings is 2. The molecular weight excluding hydrogens is 243 g/mol. The molecule has 0 aliphatic rings. The summed E-state index contributed by atoms with van der Waals surface area (Å²) in [5.74, 6) is -1.37. The van der Waals surface area contributed by atoms with Crippen molar-refractivity contribution in [1.29, 1.82) is 0 Å². The maximum atomic E-state index is 13.5. The minimum absolute atomic E-state index is 0.102. The fourth-order valence-corrected chi connectivity index (χ4v) is 2.16. The van der Waals surface area contributed by atoms with E-state index in [-0.39, 0.29) is 5.56 Å². The third-order valence-electron chi connectivity index (χ3n) is 3.09. The lowest BCUT2D eigenvalue weighted by Gasteiger charge is -2.07. The summed E-state index contributed by atoms with van der Waals surface area (Å²) < 4.78 is 15.4. The van der Waals surface area contributed by atoms with Crippen molar-refractivity contribution in [3.05, 3.63) is 66.1 Å². The maximum absolute atomic E-state index is 13.5. The van der Waals surface area contributed by atoms with E-state index in [0.717, 1.165) is 10.9 Å². The molecule has 0 unspecified atom stereocenters. The Morgan fingerprint density at radius 2 is 1.89 bits per heavy atom. The highest BCUT2D eigenvalue weighted by molar-refractivity contribution is 5.94. The van der Waals surface area contributed by atoms with Gasteiger partial charge in [0.2, 0.25) is 0 Å². The van der Waals surface area contributed by atoms with Gasteiger partial charge in [0.25, 0.3) is 5.91 Å². The van der Waals surface area contributed by atoms with E-state index < -0.39 is 11.7 Å². The van der Waals surface area contributed by atoms with Gasteiger partial charge in [-0.25, -0.2) is 4.39 Å². The summed E-state index contributed by atoms with van der Waals surface area (Å²) in [6, 6.07) is 14.1. The van der Waals surface area contributed by atoms with E-state index in [1.807, 2.05) is 41.1 Å². The molecular formula is C15H11FN2O. The predicted octanol–water partition coefficient (Wildman–Crippen LogP) is 2.87. The minimum atomic E-state index is -0.768. The van der Waals surface area contributed by atoms with Crippen LogP contribution < -0.4 is 5.73 Å². The molecule has 2 N–H and O–H groups in total. The number of para-hydroxylation sites is 1. The molecule has 94 valence electrons. The molecule has 0 aliphatic carbocycles. The summed E-state index contributed by atoms with van der Waals surface area (Å²) in [5.41, 5.74) is 6.76. The number of hydrogen-bond acceptors (Lipinski definition) is 1. The zero-order valence-corrected chi connectivity index (χ0v) is 10.0. The highest BCUT2D eigenvalue weighted by atomic mass is 19.1. The number of carbonyl (C=O) groups is 1. The molecule has 0 fully saturated rings. The van der Waals surface area contributed by atoms with Gasteiger partial charge >= 0.3 is 0 Å². The number of primary amides is 1. The quantitative estimate of drug-likeness (QED) is 0.751. The molecule has 0 atom stereocenters. The van der Waals surface area contributed by atoms with Gasteiger partial charge in [-0.1, -0.05) is 18.2 Å². The van der Waals surface area contributed by atoms with E-state index in [1.54, 1.807) is 6.07 Å². The monoisotopic (exact) mass is 254 g/mol. The number of amides is 1. The molecule has 0 saturated carbocycles. The Kier molecular flexibility index (Phi) is 2.56. The second-order valence-corrected chi connectivity index (χ2v) is 4.27. The third kappa shape index (κ3) is 1.87. The number of nitrogens with two attached hydrogens (primary N) is 1. The molecule has 3 nitrogen and oxygen atoms in total. The summed E-state index contributed by atoms with van der Waals surface area (Å²) in [6.45, 7) is 0. The Morgan fingerprint density at radius 3 is 2.68 bits per heavy atom. The maximum Gasteiger partial charge on any atom is 0.251 e. The minimum Gasteiger partial charge on any atom is -0.366 e. The van der Waals surface area contributed by atoms with Crippen molar-refractivity contribution in [2.45, 2.75) is 0 Å². The van der Waals surface area contributed by atoms with Crippen LogP contribution in [-0.4, -0.2) is 10.5 Å². The lowest BCUT2D eigenvalue weighted by Crippen LogP contribution is -2.13. The van der Waals surface area contributed by atoms with Crippen LogP contribution in [0.3, 0.4) is 0 Å². The van der Waals surface area contributed by atoms with Gasteiger partial charge < -0.3 is 10.3 Å². The van der Waals surface area contributed by atoms with E-state index in [1.165, 1.54) is 12.1 Å². The SMILES string of the molecule is NC(=O)c1cc(-n2ccc3ccccc32)ccc1F. The zero-order valence-electron chi connectivity index (χ0n) is 10.0. The standard InChI is InChI=1S/C15H11FN2O/c16-13-6-5-11(9-12(13)15(17)19)18-8-7-10-3-1-2-4-14(10)18/h1-9H,(H2,17,19). The smallest absolute Gasteiger partial charge is 0.251 e. The molecule has 0 radical (unpaired) electrons. The Balaban J connectivity index is 2.22. The second-order valence-electron chi connectivity index (χ2n) is 4.27. The zero-order chi connectivity index (χ0) is 13.4. The number of aromatic nitrogens is 1. The topological polar surface area (TPSA) is 48.0 Å². The van der Waals surface area contributed by atoms with Gasteiger partial charge in [-0.15, -0.1) is 0 Å². The van der Waals surface area contributed by atoms with Crippen molar-refractivity contribution < 1.29 is 9.18 Å². The predicted molar refractivity (Wildman–Crippen MR) is 71.8 cm³/mol. The Hall–Kier alpha value is -2.62. The Morgan fingerprint density at radius 1 is 1.11 bits per heavy atom. The van der Waals surface area contributed by atoms with Gasteiger partial charge in [0.15, 0.2) is 0 Å². The van der Waals surface area contributed by atoms with Crippen molar-refractivity contribution in [2.75, 3.05) is 0 Å². The molecule has 3 aromatic rings. The summed E-state index contributed by atoms with van der Waals surface area (Å²) in [5, 5.41) is 1.08.